The van der Waals surface area contributed by atoms with E-state index in [4.69, 9.17) is 13.9 Å². The molecule has 0 aliphatic heterocycles. The number of rotatable bonds is 4. The van der Waals surface area contributed by atoms with Gasteiger partial charge in [-0.05, 0) is 49.2 Å². The standard InChI is InChI=1S/C19H18O4/c1-12-4-9-17-14(10-18(20)23-19(17)13(12)2)11-22-16-7-5-15(21-3)6-8-16/h4-10H,11H2,1-3H3. The van der Waals surface area contributed by atoms with Crippen molar-refractivity contribution in [1.82, 2.24) is 0 Å². The lowest BCUT2D eigenvalue weighted by Crippen LogP contribution is -2.05. The van der Waals surface area contributed by atoms with E-state index in [1.54, 1.807) is 7.11 Å². The van der Waals surface area contributed by atoms with Gasteiger partial charge in [0.15, 0.2) is 0 Å². The van der Waals surface area contributed by atoms with Gasteiger partial charge in [0.25, 0.3) is 0 Å². The quantitative estimate of drug-likeness (QED) is 0.683. The van der Waals surface area contributed by atoms with Gasteiger partial charge in [-0.15, -0.1) is 0 Å². The summed E-state index contributed by atoms with van der Waals surface area (Å²) in [6.45, 7) is 4.25. The van der Waals surface area contributed by atoms with Crippen molar-refractivity contribution < 1.29 is 13.9 Å². The van der Waals surface area contributed by atoms with Crippen LogP contribution in [0.4, 0.5) is 0 Å². The Morgan fingerprint density at radius 1 is 1.00 bits per heavy atom. The van der Waals surface area contributed by atoms with Gasteiger partial charge in [0.1, 0.15) is 23.7 Å². The van der Waals surface area contributed by atoms with Crippen LogP contribution >= 0.6 is 0 Å². The predicted octanol–water partition coefficient (Wildman–Crippen LogP) is 4.00. The molecule has 0 atom stereocenters. The van der Waals surface area contributed by atoms with E-state index in [0.29, 0.717) is 12.2 Å². The maximum absolute atomic E-state index is 11.8. The molecule has 0 unspecified atom stereocenters. The van der Waals surface area contributed by atoms with Gasteiger partial charge in [-0.1, -0.05) is 12.1 Å². The number of aryl methyl sites for hydroxylation is 2. The molecular weight excluding hydrogens is 292 g/mol. The summed E-state index contributed by atoms with van der Waals surface area (Å²) in [6.07, 6.45) is 0. The number of fused-ring (bicyclic) bond motifs is 1. The second-order valence-corrected chi connectivity index (χ2v) is 5.44. The van der Waals surface area contributed by atoms with E-state index in [1.807, 2.05) is 50.2 Å². The maximum atomic E-state index is 11.8. The third-order valence-corrected chi connectivity index (χ3v) is 3.97. The molecule has 4 nitrogen and oxygen atoms in total. The van der Waals surface area contributed by atoms with Gasteiger partial charge in [-0.2, -0.15) is 0 Å². The van der Waals surface area contributed by atoms with Crippen LogP contribution in [0.5, 0.6) is 11.5 Å². The molecule has 0 amide bonds. The molecule has 0 saturated carbocycles. The molecular formula is C19H18O4. The van der Waals surface area contributed by atoms with Crippen LogP contribution in [0.25, 0.3) is 11.0 Å². The van der Waals surface area contributed by atoms with Crippen LogP contribution in [-0.4, -0.2) is 7.11 Å². The summed E-state index contributed by atoms with van der Waals surface area (Å²) < 4.78 is 16.3. The average Bonchev–Trinajstić information content (AvgIpc) is 2.57. The van der Waals surface area contributed by atoms with Crippen LogP contribution < -0.4 is 15.1 Å². The van der Waals surface area contributed by atoms with E-state index in [1.165, 1.54) is 6.07 Å². The molecule has 0 fully saturated rings. The van der Waals surface area contributed by atoms with Gasteiger partial charge in [0.05, 0.1) is 7.11 Å². The Balaban J connectivity index is 1.93. The van der Waals surface area contributed by atoms with Crippen molar-refractivity contribution in [1.29, 1.82) is 0 Å². The number of hydrogen-bond acceptors (Lipinski definition) is 4. The molecule has 0 spiro atoms. The lowest BCUT2D eigenvalue weighted by atomic mass is 10.0. The van der Waals surface area contributed by atoms with Gasteiger partial charge >= 0.3 is 5.63 Å². The average molecular weight is 310 g/mol. The third kappa shape index (κ3) is 3.06. The smallest absolute Gasteiger partial charge is 0.336 e. The second-order valence-electron chi connectivity index (χ2n) is 5.44. The third-order valence-electron chi connectivity index (χ3n) is 3.97. The maximum Gasteiger partial charge on any atom is 0.336 e. The van der Waals surface area contributed by atoms with Crippen LogP contribution in [0.3, 0.4) is 0 Å². The van der Waals surface area contributed by atoms with E-state index in [-0.39, 0.29) is 5.63 Å². The number of hydrogen-bond donors (Lipinski definition) is 0. The predicted molar refractivity (Wildman–Crippen MR) is 89.3 cm³/mol. The highest BCUT2D eigenvalue weighted by atomic mass is 16.5. The van der Waals surface area contributed by atoms with Crippen molar-refractivity contribution in [3.8, 4) is 11.5 Å². The van der Waals surface area contributed by atoms with Crippen molar-refractivity contribution >= 4 is 11.0 Å². The molecule has 1 aromatic heterocycles. The molecule has 3 aromatic rings. The first-order valence-corrected chi connectivity index (χ1v) is 7.38. The molecule has 0 bridgehead atoms. The summed E-state index contributed by atoms with van der Waals surface area (Å²) in [5.74, 6) is 1.49. The molecule has 1 heterocycles. The van der Waals surface area contributed by atoms with Crippen molar-refractivity contribution in [2.45, 2.75) is 20.5 Å². The minimum atomic E-state index is -0.362. The van der Waals surface area contributed by atoms with Crippen molar-refractivity contribution in [3.63, 3.8) is 0 Å². The summed E-state index contributed by atoms with van der Waals surface area (Å²) in [5.41, 5.74) is 3.15. The van der Waals surface area contributed by atoms with Gasteiger partial charge < -0.3 is 13.9 Å². The molecule has 118 valence electrons. The molecule has 0 N–H and O–H groups in total. The van der Waals surface area contributed by atoms with Crippen molar-refractivity contribution in [3.05, 3.63) is 69.6 Å². The highest BCUT2D eigenvalue weighted by molar-refractivity contribution is 5.83. The normalized spacial score (nSPS) is 10.7. The van der Waals surface area contributed by atoms with Crippen molar-refractivity contribution in [2.75, 3.05) is 7.11 Å². The largest absolute Gasteiger partial charge is 0.497 e. The van der Waals surface area contributed by atoms with Gasteiger partial charge in [0, 0.05) is 17.0 Å². The minimum Gasteiger partial charge on any atom is -0.497 e. The summed E-state index contributed by atoms with van der Waals surface area (Å²) in [5, 5.41) is 0.904. The van der Waals surface area contributed by atoms with Crippen LogP contribution in [-0.2, 0) is 6.61 Å². The Labute approximate surface area is 134 Å². The zero-order valence-electron chi connectivity index (χ0n) is 13.4. The monoisotopic (exact) mass is 310 g/mol. The van der Waals surface area contributed by atoms with Crippen LogP contribution in [0.15, 0.2) is 51.7 Å². The molecule has 23 heavy (non-hydrogen) atoms. The Morgan fingerprint density at radius 3 is 2.39 bits per heavy atom. The molecule has 0 radical (unpaired) electrons. The Bertz CT molecular complexity index is 892. The fourth-order valence-electron chi connectivity index (χ4n) is 2.48. The summed E-state index contributed by atoms with van der Waals surface area (Å²) >= 11 is 0. The number of methoxy groups -OCH3 is 1. The SMILES string of the molecule is COc1ccc(OCc2cc(=O)oc3c(C)c(C)ccc23)cc1. The highest BCUT2D eigenvalue weighted by Crippen LogP contribution is 2.25. The Kier molecular flexibility index (Phi) is 4.06. The fourth-order valence-corrected chi connectivity index (χ4v) is 2.48. The zero-order chi connectivity index (χ0) is 16.4. The number of benzene rings is 2. The molecule has 0 aliphatic carbocycles. The first kappa shape index (κ1) is 15.2. The van der Waals surface area contributed by atoms with Gasteiger partial charge in [-0.3, -0.25) is 0 Å². The van der Waals surface area contributed by atoms with Gasteiger partial charge in [-0.25, -0.2) is 4.79 Å². The van der Waals surface area contributed by atoms with Crippen LogP contribution in [0, 0.1) is 13.8 Å². The fraction of sp³-hybridized carbons (Fsp3) is 0.211. The van der Waals surface area contributed by atoms with Gasteiger partial charge in [0.2, 0.25) is 0 Å². The first-order chi connectivity index (χ1) is 11.1. The van der Waals surface area contributed by atoms with Crippen LogP contribution in [0.1, 0.15) is 16.7 Å². The van der Waals surface area contributed by atoms with Crippen LogP contribution in [0.2, 0.25) is 0 Å². The van der Waals surface area contributed by atoms with Crippen molar-refractivity contribution in [2.24, 2.45) is 0 Å². The molecule has 0 saturated heterocycles. The number of ether oxygens (including phenoxy) is 2. The molecule has 3 rings (SSSR count). The summed E-state index contributed by atoms with van der Waals surface area (Å²) in [6, 6.07) is 12.8. The minimum absolute atomic E-state index is 0.303. The van der Waals surface area contributed by atoms with E-state index >= 15 is 0 Å². The Hall–Kier alpha value is -2.75. The zero-order valence-corrected chi connectivity index (χ0v) is 13.4. The lowest BCUT2D eigenvalue weighted by Gasteiger charge is -2.10. The Morgan fingerprint density at radius 2 is 1.70 bits per heavy atom. The highest BCUT2D eigenvalue weighted by Gasteiger charge is 2.10. The summed E-state index contributed by atoms with van der Waals surface area (Å²) in [7, 11) is 1.62. The molecule has 0 aliphatic rings. The molecule has 2 aromatic carbocycles. The van der Waals surface area contributed by atoms with E-state index in [2.05, 4.69) is 0 Å². The molecule has 4 heteroatoms. The topological polar surface area (TPSA) is 48.7 Å². The van der Waals surface area contributed by atoms with E-state index in [9.17, 15) is 4.79 Å². The van der Waals surface area contributed by atoms with E-state index in [0.717, 1.165) is 33.6 Å². The lowest BCUT2D eigenvalue weighted by molar-refractivity contribution is 0.306. The summed E-state index contributed by atoms with van der Waals surface area (Å²) in [4.78, 5) is 11.8. The second kappa shape index (κ2) is 6.16. The first-order valence-electron chi connectivity index (χ1n) is 7.38. The van der Waals surface area contributed by atoms with E-state index < -0.39 is 0 Å².